The fourth-order valence-electron chi connectivity index (χ4n) is 6.13. The average molecular weight is 644 g/mol. The number of hydrogen-bond acceptors (Lipinski definition) is 9. The maximum Gasteiger partial charge on any atom is 0.247 e. The van der Waals surface area contributed by atoms with Gasteiger partial charge in [-0.3, -0.25) is 14.4 Å². The van der Waals surface area contributed by atoms with Crippen molar-refractivity contribution in [3.8, 4) is 28.4 Å². The second-order valence-corrected chi connectivity index (χ2v) is 11.7. The summed E-state index contributed by atoms with van der Waals surface area (Å²) in [5, 5.41) is 18.6. The number of ether oxygens (including phenoxy) is 3. The number of aryl methyl sites for hydroxylation is 1. The molecule has 47 heavy (non-hydrogen) atoms. The number of methoxy groups -OCH3 is 3. The molecule has 1 aliphatic carbocycles. The van der Waals surface area contributed by atoms with Gasteiger partial charge in [-0.25, -0.2) is 4.98 Å². The molecule has 3 aromatic carbocycles. The molecule has 0 spiro atoms. The third-order valence-corrected chi connectivity index (χ3v) is 8.67. The second-order valence-electron chi connectivity index (χ2n) is 11.7. The van der Waals surface area contributed by atoms with Crippen molar-refractivity contribution in [2.75, 3.05) is 32.0 Å². The summed E-state index contributed by atoms with van der Waals surface area (Å²) in [6.07, 6.45) is 1.78. The van der Waals surface area contributed by atoms with Crippen molar-refractivity contribution in [3.63, 3.8) is 0 Å². The van der Waals surface area contributed by atoms with E-state index in [-0.39, 0.29) is 35.5 Å². The lowest BCUT2D eigenvalue weighted by atomic mass is 9.95. The molecule has 0 fully saturated rings. The number of anilines is 2. The molecule has 3 atom stereocenters. The van der Waals surface area contributed by atoms with Crippen LogP contribution in [0.1, 0.15) is 56.6 Å². The molecule has 5 N–H and O–H groups in total. The molecule has 0 aliphatic heterocycles. The van der Waals surface area contributed by atoms with Crippen LogP contribution in [0.4, 0.5) is 11.4 Å². The van der Waals surface area contributed by atoms with Gasteiger partial charge in [0.25, 0.3) is 0 Å². The van der Waals surface area contributed by atoms with Gasteiger partial charge in [-0.15, -0.1) is 0 Å². The molecule has 5 rings (SSSR count). The Morgan fingerprint density at radius 1 is 1.06 bits per heavy atom. The first kappa shape index (κ1) is 33.3. The van der Waals surface area contributed by atoms with Gasteiger partial charge in [0.1, 0.15) is 18.5 Å². The fraction of sp³-hybridized carbons (Fsp3) is 0.371. The van der Waals surface area contributed by atoms with Crippen molar-refractivity contribution < 1.29 is 28.9 Å². The summed E-state index contributed by atoms with van der Waals surface area (Å²) in [5.74, 6) is 1.14. The molecule has 12 nitrogen and oxygen atoms in total. The number of rotatable bonds is 11. The van der Waals surface area contributed by atoms with Crippen LogP contribution in [0.2, 0.25) is 0 Å². The Balaban J connectivity index is 1.58. The van der Waals surface area contributed by atoms with Crippen LogP contribution in [0, 0.1) is 5.92 Å². The van der Waals surface area contributed by atoms with Crippen molar-refractivity contribution >= 4 is 34.2 Å². The zero-order valence-electron chi connectivity index (χ0n) is 27.4. The Morgan fingerprint density at radius 2 is 1.83 bits per heavy atom. The van der Waals surface area contributed by atoms with E-state index in [2.05, 4.69) is 25.9 Å². The van der Waals surface area contributed by atoms with Crippen molar-refractivity contribution in [3.05, 3.63) is 69.6 Å². The molecule has 0 radical (unpaired) electrons. The lowest BCUT2D eigenvalue weighted by molar-refractivity contribution is -0.120. The highest BCUT2D eigenvalue weighted by Gasteiger charge is 2.30. The van der Waals surface area contributed by atoms with Crippen LogP contribution in [0.3, 0.4) is 0 Å². The van der Waals surface area contributed by atoms with E-state index in [4.69, 9.17) is 14.2 Å². The van der Waals surface area contributed by atoms with Gasteiger partial charge < -0.3 is 40.3 Å². The topological polar surface area (TPSA) is 164 Å². The number of hydrogen-bond donors (Lipinski definition) is 5. The number of nitrogens with zero attached hydrogens (tertiary/aromatic N) is 1. The fourth-order valence-corrected chi connectivity index (χ4v) is 6.13. The molecular weight excluding hydrogens is 602 g/mol. The predicted molar refractivity (Wildman–Crippen MR) is 180 cm³/mol. The minimum Gasteiger partial charge on any atom is -0.493 e. The summed E-state index contributed by atoms with van der Waals surface area (Å²) in [4.78, 5) is 47.3. The Morgan fingerprint density at radius 3 is 2.49 bits per heavy atom. The van der Waals surface area contributed by atoms with Gasteiger partial charge in [0.05, 0.1) is 44.1 Å². The molecule has 12 heteroatoms. The van der Waals surface area contributed by atoms with Gasteiger partial charge in [0.15, 0.2) is 11.5 Å². The first-order valence-corrected chi connectivity index (χ1v) is 15.6. The van der Waals surface area contributed by atoms with Crippen molar-refractivity contribution in [1.29, 1.82) is 0 Å². The number of aromatic amines is 1. The van der Waals surface area contributed by atoms with E-state index in [0.717, 1.165) is 11.1 Å². The first-order chi connectivity index (χ1) is 22.6. The van der Waals surface area contributed by atoms with E-state index in [9.17, 15) is 19.5 Å². The lowest BCUT2D eigenvalue weighted by Gasteiger charge is -2.24. The molecule has 0 bridgehead atoms. The second kappa shape index (κ2) is 14.1. The number of fused-ring (bicyclic) bond motifs is 4. The van der Waals surface area contributed by atoms with Crippen molar-refractivity contribution in [2.24, 2.45) is 5.92 Å². The number of aliphatic hydroxyl groups is 1. The van der Waals surface area contributed by atoms with Gasteiger partial charge in [-0.2, -0.15) is 0 Å². The summed E-state index contributed by atoms with van der Waals surface area (Å²) in [7, 11) is 4.64. The monoisotopic (exact) mass is 643 g/mol. The van der Waals surface area contributed by atoms with E-state index < -0.39 is 12.1 Å². The molecule has 4 aromatic rings. The molecule has 1 aromatic heterocycles. The van der Waals surface area contributed by atoms with Gasteiger partial charge >= 0.3 is 0 Å². The highest BCUT2D eigenvalue weighted by Crippen LogP contribution is 2.50. The van der Waals surface area contributed by atoms with Crippen LogP contribution in [0.15, 0.2) is 47.3 Å². The summed E-state index contributed by atoms with van der Waals surface area (Å²) in [6.45, 7) is 5.15. The van der Waals surface area contributed by atoms with Crippen LogP contribution in [0.25, 0.3) is 22.2 Å². The van der Waals surface area contributed by atoms with E-state index in [0.29, 0.717) is 70.2 Å². The number of aliphatic hydroxyl groups excluding tert-OH is 1. The van der Waals surface area contributed by atoms with Gasteiger partial charge in [0.2, 0.25) is 23.0 Å². The van der Waals surface area contributed by atoms with Gasteiger partial charge in [-0.05, 0) is 71.8 Å². The Labute approximate surface area is 272 Å². The smallest absolute Gasteiger partial charge is 0.247 e. The molecular formula is C35H41N5O7. The van der Waals surface area contributed by atoms with Crippen molar-refractivity contribution in [1.82, 2.24) is 15.3 Å². The maximum absolute atomic E-state index is 13.9. The average Bonchev–Trinajstić information content (AvgIpc) is 3.34. The van der Waals surface area contributed by atoms with Crippen molar-refractivity contribution in [2.45, 2.75) is 58.7 Å². The van der Waals surface area contributed by atoms with Gasteiger partial charge in [0, 0.05) is 18.2 Å². The molecule has 0 saturated heterocycles. The summed E-state index contributed by atoms with van der Waals surface area (Å²) in [5.41, 5.74) is 4.77. The SMILES string of the molecule is CC[C@H](C)[C@@H](Nc1ccc2c(cc1=O)[C@H](NC(C)=O)CCc1cc(OC)c(OC)c(OC)c1-2)C(=O)Nc1ccc2nc(CO)[nH]c2c1. The number of carbonyl (C=O) groups excluding carboxylic acids is 2. The molecule has 248 valence electrons. The van der Waals surface area contributed by atoms with E-state index in [1.807, 2.05) is 26.0 Å². The summed E-state index contributed by atoms with van der Waals surface area (Å²) >= 11 is 0. The largest absolute Gasteiger partial charge is 0.493 e. The number of aromatic nitrogens is 2. The minimum absolute atomic E-state index is 0.140. The standard InChI is InChI=1S/C35H41N5O7/c1-7-18(2)32(35(44)37-21-9-12-25-27(15-21)39-30(17-41)38-25)40-26-13-10-22-23(16-28(26)43)24(36-19(3)42)11-8-20-14-29(45-4)33(46-5)34(47-6)31(20)22/h9-10,12-16,18,24,32,41H,7-8,11,17H2,1-6H3,(H,36,42)(H,37,44)(H,38,39)(H,40,43)/t18-,24+,32+/m0/s1. The highest BCUT2D eigenvalue weighted by atomic mass is 16.5. The van der Waals surface area contributed by atoms with Crippen LogP contribution < -0.4 is 35.6 Å². The van der Waals surface area contributed by atoms with Crippen LogP contribution in [-0.4, -0.2) is 54.3 Å². The van der Waals surface area contributed by atoms with Crippen LogP contribution in [-0.2, 0) is 22.6 Å². The molecule has 0 unspecified atom stereocenters. The number of H-pyrrole nitrogens is 1. The first-order valence-electron chi connectivity index (χ1n) is 15.6. The normalized spacial score (nSPS) is 15.0. The lowest BCUT2D eigenvalue weighted by Crippen LogP contribution is -2.40. The highest BCUT2D eigenvalue weighted by molar-refractivity contribution is 5.98. The Bertz CT molecular complexity index is 1870. The number of amides is 2. The minimum atomic E-state index is -0.752. The van der Waals surface area contributed by atoms with E-state index in [1.165, 1.54) is 20.1 Å². The zero-order chi connectivity index (χ0) is 33.8. The third kappa shape index (κ3) is 6.73. The quantitative estimate of drug-likeness (QED) is 0.156. The number of benzene rings is 2. The zero-order valence-corrected chi connectivity index (χ0v) is 27.4. The predicted octanol–water partition coefficient (Wildman–Crippen LogP) is 4.70. The Hall–Kier alpha value is -5.10. The summed E-state index contributed by atoms with van der Waals surface area (Å²) in [6, 6.07) is 11.0. The molecule has 0 saturated carbocycles. The molecule has 1 heterocycles. The van der Waals surface area contributed by atoms with E-state index in [1.54, 1.807) is 38.5 Å². The van der Waals surface area contributed by atoms with E-state index >= 15 is 0 Å². The number of nitrogens with one attached hydrogen (secondary N) is 4. The Kier molecular flexibility index (Phi) is 10.00. The number of carbonyl (C=O) groups is 2. The van der Waals surface area contributed by atoms with Crippen LogP contribution >= 0.6 is 0 Å². The van der Waals surface area contributed by atoms with Gasteiger partial charge in [-0.1, -0.05) is 26.3 Å². The molecule has 1 aliphatic rings. The number of imidazole rings is 1. The molecule has 2 amide bonds. The third-order valence-electron chi connectivity index (χ3n) is 8.67. The van der Waals surface area contributed by atoms with Crippen LogP contribution in [0.5, 0.6) is 17.2 Å². The maximum atomic E-state index is 13.9. The summed E-state index contributed by atoms with van der Waals surface area (Å²) < 4.78 is 17.2.